The summed E-state index contributed by atoms with van der Waals surface area (Å²) in [7, 11) is 0. The third-order valence-corrected chi connectivity index (χ3v) is 2.38. The molecule has 0 spiro atoms. The highest BCUT2D eigenvalue weighted by molar-refractivity contribution is 7.58. The summed E-state index contributed by atoms with van der Waals surface area (Å²) in [5.41, 5.74) is 0. The third-order valence-electron chi connectivity index (χ3n) is 2.14. The molecule has 0 saturated carbocycles. The molecule has 0 aliphatic heterocycles. The summed E-state index contributed by atoms with van der Waals surface area (Å²) in [5, 5.41) is 0.655. The summed E-state index contributed by atoms with van der Waals surface area (Å²) in [6, 6.07) is 5.50. The molecule has 0 amide bonds. The van der Waals surface area contributed by atoms with Crippen molar-refractivity contribution >= 4 is 12.6 Å². The Hall–Kier alpha value is -0.670. The lowest BCUT2D eigenvalue weighted by Gasteiger charge is -2.10. The second-order valence-electron chi connectivity index (χ2n) is 2.98. The van der Waals surface area contributed by atoms with Crippen LogP contribution in [0.25, 0.3) is 0 Å². The van der Waals surface area contributed by atoms with Crippen molar-refractivity contribution < 1.29 is 4.90 Å². The molecule has 0 saturated heterocycles. The Kier molecular flexibility index (Phi) is 8.48. The number of pyridine rings is 1. The van der Waals surface area contributed by atoms with Crippen LogP contribution in [0, 0.1) is 0 Å². The zero-order chi connectivity index (χ0) is 10.8. The van der Waals surface area contributed by atoms with Gasteiger partial charge in [-0.05, 0) is 26.8 Å². The van der Waals surface area contributed by atoms with Crippen LogP contribution in [0.2, 0.25) is 0 Å². The van der Waals surface area contributed by atoms with Crippen LogP contribution in [0.15, 0.2) is 29.4 Å². The van der Waals surface area contributed by atoms with Crippen LogP contribution in [0.3, 0.4) is 0 Å². The first-order valence-electron chi connectivity index (χ1n) is 5.16. The van der Waals surface area contributed by atoms with Crippen molar-refractivity contribution in [1.82, 2.24) is 4.98 Å². The molecule has 1 rings (SSSR count). The van der Waals surface area contributed by atoms with E-state index >= 15 is 0 Å². The summed E-state index contributed by atoms with van der Waals surface area (Å²) < 4.78 is 0. The summed E-state index contributed by atoms with van der Waals surface area (Å²) in [5.74, 6) is 0. The van der Waals surface area contributed by atoms with E-state index in [0.717, 1.165) is 0 Å². The fraction of sp³-hybridized carbons (Fsp3) is 0.545. The fourth-order valence-corrected chi connectivity index (χ4v) is 1.24. The van der Waals surface area contributed by atoms with Gasteiger partial charge >= 0.3 is 0 Å². The predicted molar refractivity (Wildman–Crippen MR) is 62.5 cm³/mol. The first-order chi connectivity index (χ1) is 6.74. The molecule has 1 N–H and O–H groups in total. The Labute approximate surface area is 92.8 Å². The van der Waals surface area contributed by atoms with Gasteiger partial charge in [0.15, 0.2) is 0 Å². The van der Waals surface area contributed by atoms with Gasteiger partial charge < -0.3 is 17.5 Å². The zero-order valence-electron chi connectivity index (χ0n) is 9.29. The van der Waals surface area contributed by atoms with Crippen LogP contribution in [-0.4, -0.2) is 24.6 Å². The molecular formula is C11H20N2S. The van der Waals surface area contributed by atoms with E-state index in [1.54, 1.807) is 17.2 Å². The normalized spacial score (nSPS) is 9.43. The van der Waals surface area contributed by atoms with Gasteiger partial charge in [0.25, 0.3) is 0 Å². The Balaban J connectivity index is 0.000000241. The molecule has 3 heteroatoms. The van der Waals surface area contributed by atoms with Crippen LogP contribution in [0.5, 0.6) is 0 Å². The molecule has 0 atom stereocenters. The van der Waals surface area contributed by atoms with Crippen molar-refractivity contribution in [2.24, 2.45) is 0 Å². The lowest BCUT2D eigenvalue weighted by molar-refractivity contribution is -0.894. The molecule has 80 valence electrons. The fourth-order valence-electron chi connectivity index (χ4n) is 1.10. The molecule has 0 aliphatic carbocycles. The molecule has 0 radical (unpaired) electrons. The van der Waals surface area contributed by atoms with Gasteiger partial charge in [-0.15, -0.1) is 0 Å². The van der Waals surface area contributed by atoms with E-state index in [2.05, 4.69) is 25.8 Å². The van der Waals surface area contributed by atoms with Crippen LogP contribution in [-0.2, 0) is 12.6 Å². The molecule has 0 aliphatic rings. The van der Waals surface area contributed by atoms with Gasteiger partial charge in [0.05, 0.1) is 19.6 Å². The molecule has 1 aromatic heterocycles. The molecule has 14 heavy (non-hydrogen) atoms. The van der Waals surface area contributed by atoms with Crippen molar-refractivity contribution in [2.45, 2.75) is 25.8 Å². The Morgan fingerprint density at radius 2 is 1.71 bits per heavy atom. The van der Waals surface area contributed by atoms with Crippen LogP contribution in [0.1, 0.15) is 20.8 Å². The van der Waals surface area contributed by atoms with Crippen molar-refractivity contribution in [2.75, 3.05) is 19.6 Å². The van der Waals surface area contributed by atoms with E-state index in [0.29, 0.717) is 5.03 Å². The zero-order valence-corrected chi connectivity index (χ0v) is 10.1. The maximum Gasteiger partial charge on any atom is 0.0742 e. The highest BCUT2D eigenvalue weighted by Crippen LogP contribution is 1.86. The maximum atomic E-state index is 4.70. The van der Waals surface area contributed by atoms with Gasteiger partial charge in [-0.1, -0.05) is 17.2 Å². The van der Waals surface area contributed by atoms with Crippen molar-refractivity contribution in [3.8, 4) is 0 Å². The third kappa shape index (κ3) is 6.80. The Morgan fingerprint density at radius 1 is 1.14 bits per heavy atom. The molecule has 1 aromatic rings. The van der Waals surface area contributed by atoms with Crippen LogP contribution >= 0.6 is 0 Å². The number of hydrogen-bond donors (Lipinski definition) is 1. The molecule has 0 fully saturated rings. The number of aromatic nitrogens is 1. The van der Waals surface area contributed by atoms with Crippen molar-refractivity contribution in [3.05, 3.63) is 24.4 Å². The largest absolute Gasteiger partial charge is 0.760 e. The average Bonchev–Trinajstić information content (AvgIpc) is 2.22. The molecule has 2 nitrogen and oxygen atoms in total. The van der Waals surface area contributed by atoms with Gasteiger partial charge in [-0.25, -0.2) is 0 Å². The first kappa shape index (κ1) is 13.3. The minimum absolute atomic E-state index is 0.655. The second kappa shape index (κ2) is 8.91. The van der Waals surface area contributed by atoms with E-state index < -0.39 is 0 Å². The number of quaternary nitrogens is 1. The summed E-state index contributed by atoms with van der Waals surface area (Å²) >= 11 is 4.70. The number of rotatable bonds is 3. The van der Waals surface area contributed by atoms with Crippen molar-refractivity contribution in [3.63, 3.8) is 0 Å². The lowest BCUT2D eigenvalue weighted by Crippen LogP contribution is -3.11. The van der Waals surface area contributed by atoms with Gasteiger partial charge in [-0.3, -0.25) is 4.98 Å². The number of hydrogen-bond acceptors (Lipinski definition) is 2. The van der Waals surface area contributed by atoms with E-state index in [4.69, 9.17) is 12.6 Å². The molecule has 0 aromatic carbocycles. The molecular weight excluding hydrogens is 192 g/mol. The SMILES string of the molecule is CC[NH+](CC)CC.[S-]c1ccccn1. The average molecular weight is 212 g/mol. The predicted octanol–water partition coefficient (Wildman–Crippen LogP) is 0.918. The van der Waals surface area contributed by atoms with Crippen molar-refractivity contribution in [1.29, 1.82) is 0 Å². The van der Waals surface area contributed by atoms with Crippen LogP contribution < -0.4 is 4.90 Å². The molecule has 1 heterocycles. The highest BCUT2D eigenvalue weighted by atomic mass is 32.1. The van der Waals surface area contributed by atoms with E-state index in [1.807, 2.05) is 12.1 Å². The van der Waals surface area contributed by atoms with E-state index in [9.17, 15) is 0 Å². The first-order valence-corrected chi connectivity index (χ1v) is 5.56. The summed E-state index contributed by atoms with van der Waals surface area (Å²) in [6.07, 6.45) is 1.68. The minimum atomic E-state index is 0.655. The topological polar surface area (TPSA) is 17.3 Å². The monoisotopic (exact) mass is 212 g/mol. The van der Waals surface area contributed by atoms with Gasteiger partial charge in [0.2, 0.25) is 0 Å². The Bertz CT molecular complexity index is 204. The number of nitrogens with one attached hydrogen (secondary N) is 1. The maximum absolute atomic E-state index is 4.70. The lowest BCUT2D eigenvalue weighted by atomic mass is 10.5. The number of nitrogens with zero attached hydrogens (tertiary/aromatic N) is 1. The Morgan fingerprint density at radius 3 is 1.86 bits per heavy atom. The quantitative estimate of drug-likeness (QED) is 0.751. The van der Waals surface area contributed by atoms with E-state index in [-0.39, 0.29) is 0 Å². The second-order valence-corrected chi connectivity index (χ2v) is 3.40. The van der Waals surface area contributed by atoms with Gasteiger partial charge in [-0.2, -0.15) is 0 Å². The highest BCUT2D eigenvalue weighted by Gasteiger charge is 1.92. The van der Waals surface area contributed by atoms with Gasteiger partial charge in [0, 0.05) is 6.20 Å². The minimum Gasteiger partial charge on any atom is -0.760 e. The summed E-state index contributed by atoms with van der Waals surface area (Å²) in [6.45, 7) is 10.5. The van der Waals surface area contributed by atoms with Gasteiger partial charge in [0.1, 0.15) is 0 Å². The standard InChI is InChI=1S/C6H15N.C5H5NS/c1-4-7(5-2)6-3;7-5-3-1-2-4-6-5/h4-6H2,1-3H3;1-4H,(H,6,7). The van der Waals surface area contributed by atoms with Crippen LogP contribution in [0.4, 0.5) is 0 Å². The summed E-state index contributed by atoms with van der Waals surface area (Å²) in [4.78, 5) is 5.47. The smallest absolute Gasteiger partial charge is 0.0742 e. The molecule has 0 bridgehead atoms. The van der Waals surface area contributed by atoms with E-state index in [1.165, 1.54) is 19.6 Å². The molecule has 0 unspecified atom stereocenters.